The van der Waals surface area contributed by atoms with E-state index in [4.69, 9.17) is 4.74 Å². The van der Waals surface area contributed by atoms with Gasteiger partial charge in [0.05, 0.1) is 0 Å². The summed E-state index contributed by atoms with van der Waals surface area (Å²) in [7, 11) is 0. The predicted molar refractivity (Wildman–Crippen MR) is 99.5 cm³/mol. The van der Waals surface area contributed by atoms with E-state index in [2.05, 4.69) is 10.9 Å². The van der Waals surface area contributed by atoms with Crippen molar-refractivity contribution in [3.63, 3.8) is 0 Å². The molecule has 0 spiro atoms. The van der Waals surface area contributed by atoms with Crippen molar-refractivity contribution in [2.24, 2.45) is 0 Å². The molecule has 0 fully saturated rings. The molecule has 0 bridgehead atoms. The van der Waals surface area contributed by atoms with Gasteiger partial charge in [-0.25, -0.2) is 0 Å². The molecule has 3 rings (SSSR count). The van der Waals surface area contributed by atoms with Crippen LogP contribution in [0.1, 0.15) is 12.5 Å². The first-order valence-corrected chi connectivity index (χ1v) is 8.39. The molecule has 134 valence electrons. The molecule has 1 atom stereocenters. The van der Waals surface area contributed by atoms with Gasteiger partial charge in [0.2, 0.25) is 0 Å². The molecular formula is C20H21N3O3. The first kappa shape index (κ1) is 17.5. The Morgan fingerprint density at radius 2 is 1.77 bits per heavy atom. The number of fused-ring (bicyclic) bond motifs is 1. The van der Waals surface area contributed by atoms with Crippen molar-refractivity contribution >= 4 is 22.7 Å². The third kappa shape index (κ3) is 4.22. The van der Waals surface area contributed by atoms with Crippen LogP contribution in [-0.4, -0.2) is 22.5 Å². The molecule has 26 heavy (non-hydrogen) atoms. The number of aromatic nitrogens is 1. The highest BCUT2D eigenvalue weighted by Gasteiger charge is 2.15. The smallest absolute Gasteiger partial charge is 0.279 e. The highest BCUT2D eigenvalue weighted by molar-refractivity contribution is 5.86. The van der Waals surface area contributed by atoms with Crippen LogP contribution in [0.3, 0.4) is 0 Å². The summed E-state index contributed by atoms with van der Waals surface area (Å²) in [6.45, 7) is 3.71. The number of nitrogens with zero attached hydrogens (tertiary/aromatic N) is 1. The number of para-hydroxylation sites is 1. The number of benzene rings is 2. The lowest BCUT2D eigenvalue weighted by atomic mass is 10.2. The Balaban J connectivity index is 1.50. The van der Waals surface area contributed by atoms with Crippen molar-refractivity contribution in [1.29, 1.82) is 0 Å². The second-order valence-corrected chi connectivity index (χ2v) is 6.11. The SMILES string of the molecule is Cc1ccc(OC(C)C(=O)NNC(=O)Cn2ccc3ccccc32)cc1. The van der Waals surface area contributed by atoms with Crippen LogP contribution in [0.2, 0.25) is 0 Å². The minimum Gasteiger partial charge on any atom is -0.481 e. The van der Waals surface area contributed by atoms with E-state index in [0.717, 1.165) is 16.5 Å². The van der Waals surface area contributed by atoms with Crippen molar-refractivity contribution < 1.29 is 14.3 Å². The average Bonchev–Trinajstić information content (AvgIpc) is 3.04. The quantitative estimate of drug-likeness (QED) is 0.694. The Bertz CT molecular complexity index is 915. The summed E-state index contributed by atoms with van der Waals surface area (Å²) in [6.07, 6.45) is 1.11. The van der Waals surface area contributed by atoms with Crippen LogP contribution in [0.4, 0.5) is 0 Å². The summed E-state index contributed by atoms with van der Waals surface area (Å²) >= 11 is 0. The van der Waals surface area contributed by atoms with Crippen molar-refractivity contribution in [2.75, 3.05) is 0 Å². The summed E-state index contributed by atoms with van der Waals surface area (Å²) in [5, 5.41) is 1.06. The molecule has 0 aliphatic heterocycles. The molecule has 1 unspecified atom stereocenters. The maximum Gasteiger partial charge on any atom is 0.279 e. The number of amides is 2. The minimum absolute atomic E-state index is 0.112. The van der Waals surface area contributed by atoms with Crippen LogP contribution >= 0.6 is 0 Å². The average molecular weight is 351 g/mol. The molecular weight excluding hydrogens is 330 g/mol. The Hall–Kier alpha value is -3.28. The zero-order chi connectivity index (χ0) is 18.5. The van der Waals surface area contributed by atoms with E-state index < -0.39 is 12.0 Å². The number of carbonyl (C=O) groups excluding carboxylic acids is 2. The number of aryl methyl sites for hydroxylation is 1. The molecule has 2 amide bonds. The van der Waals surface area contributed by atoms with Crippen molar-refractivity contribution in [1.82, 2.24) is 15.4 Å². The Morgan fingerprint density at radius 1 is 1.04 bits per heavy atom. The van der Waals surface area contributed by atoms with Crippen LogP contribution in [-0.2, 0) is 16.1 Å². The molecule has 0 radical (unpaired) electrons. The number of hydrogen-bond acceptors (Lipinski definition) is 3. The zero-order valence-corrected chi connectivity index (χ0v) is 14.7. The molecule has 0 saturated carbocycles. The van der Waals surface area contributed by atoms with Gasteiger partial charge in [-0.2, -0.15) is 0 Å². The van der Waals surface area contributed by atoms with Gasteiger partial charge in [-0.15, -0.1) is 0 Å². The van der Waals surface area contributed by atoms with Crippen LogP contribution in [0, 0.1) is 6.92 Å². The summed E-state index contributed by atoms with van der Waals surface area (Å²) in [5.41, 5.74) is 6.89. The second kappa shape index (κ2) is 7.74. The molecule has 1 heterocycles. The lowest BCUT2D eigenvalue weighted by Crippen LogP contribution is -2.48. The number of hydrogen-bond donors (Lipinski definition) is 2. The van der Waals surface area contributed by atoms with E-state index in [9.17, 15) is 9.59 Å². The lowest BCUT2D eigenvalue weighted by molar-refractivity contribution is -0.132. The van der Waals surface area contributed by atoms with Gasteiger partial charge in [0.15, 0.2) is 6.10 Å². The van der Waals surface area contributed by atoms with Crippen molar-refractivity contribution in [2.45, 2.75) is 26.5 Å². The van der Waals surface area contributed by atoms with Crippen LogP contribution in [0.15, 0.2) is 60.8 Å². The molecule has 2 aromatic carbocycles. The number of nitrogens with one attached hydrogen (secondary N) is 2. The fraction of sp³-hybridized carbons (Fsp3) is 0.200. The number of ether oxygens (including phenoxy) is 1. The van der Waals surface area contributed by atoms with E-state index in [1.807, 2.05) is 60.2 Å². The summed E-state index contributed by atoms with van der Waals surface area (Å²) in [6, 6.07) is 17.1. The van der Waals surface area contributed by atoms with E-state index in [-0.39, 0.29) is 12.5 Å². The van der Waals surface area contributed by atoms with Gasteiger partial charge < -0.3 is 9.30 Å². The standard InChI is InChI=1S/C20H21N3O3/c1-14-7-9-17(10-8-14)26-15(2)20(25)22-21-19(24)13-23-12-11-16-5-3-4-6-18(16)23/h3-12,15H,13H2,1-2H3,(H,21,24)(H,22,25). The Morgan fingerprint density at radius 3 is 2.54 bits per heavy atom. The van der Waals surface area contributed by atoms with Crippen molar-refractivity contribution in [3.8, 4) is 5.75 Å². The fourth-order valence-electron chi connectivity index (χ4n) is 2.58. The third-order valence-corrected chi connectivity index (χ3v) is 4.02. The van der Waals surface area contributed by atoms with E-state index in [0.29, 0.717) is 5.75 Å². The number of rotatable bonds is 5. The maximum atomic E-state index is 12.1. The van der Waals surface area contributed by atoms with Crippen LogP contribution in [0.25, 0.3) is 10.9 Å². The van der Waals surface area contributed by atoms with E-state index >= 15 is 0 Å². The fourth-order valence-corrected chi connectivity index (χ4v) is 2.58. The predicted octanol–water partition coefficient (Wildman–Crippen LogP) is 2.56. The highest BCUT2D eigenvalue weighted by Crippen LogP contribution is 2.15. The van der Waals surface area contributed by atoms with Gasteiger partial charge in [-0.05, 0) is 43.5 Å². The minimum atomic E-state index is -0.731. The maximum absolute atomic E-state index is 12.1. The zero-order valence-electron chi connectivity index (χ0n) is 14.7. The molecule has 1 aromatic heterocycles. The Kier molecular flexibility index (Phi) is 5.22. The van der Waals surface area contributed by atoms with E-state index in [1.165, 1.54) is 0 Å². The molecule has 0 aliphatic carbocycles. The highest BCUT2D eigenvalue weighted by atomic mass is 16.5. The topological polar surface area (TPSA) is 72.4 Å². The Labute approximate surface area is 151 Å². The molecule has 6 heteroatoms. The summed E-state index contributed by atoms with van der Waals surface area (Å²) in [5.74, 6) is -0.137. The van der Waals surface area contributed by atoms with Gasteiger partial charge in [0.1, 0.15) is 12.3 Å². The number of hydrazine groups is 1. The van der Waals surface area contributed by atoms with Gasteiger partial charge in [-0.3, -0.25) is 20.4 Å². The number of carbonyl (C=O) groups is 2. The van der Waals surface area contributed by atoms with Crippen LogP contribution in [0.5, 0.6) is 5.75 Å². The third-order valence-electron chi connectivity index (χ3n) is 4.02. The van der Waals surface area contributed by atoms with Gasteiger partial charge in [0.25, 0.3) is 11.8 Å². The second-order valence-electron chi connectivity index (χ2n) is 6.11. The van der Waals surface area contributed by atoms with Crippen LogP contribution < -0.4 is 15.6 Å². The molecule has 0 saturated heterocycles. The van der Waals surface area contributed by atoms with Gasteiger partial charge in [-0.1, -0.05) is 35.9 Å². The molecule has 6 nitrogen and oxygen atoms in total. The monoisotopic (exact) mass is 351 g/mol. The molecule has 3 aromatic rings. The first-order chi connectivity index (χ1) is 12.5. The normalized spacial score (nSPS) is 11.8. The molecule has 0 aliphatic rings. The largest absolute Gasteiger partial charge is 0.481 e. The lowest BCUT2D eigenvalue weighted by Gasteiger charge is -2.15. The van der Waals surface area contributed by atoms with Crippen molar-refractivity contribution in [3.05, 3.63) is 66.4 Å². The first-order valence-electron chi connectivity index (χ1n) is 8.39. The summed E-state index contributed by atoms with van der Waals surface area (Å²) in [4.78, 5) is 24.2. The molecule has 2 N–H and O–H groups in total. The van der Waals surface area contributed by atoms with Gasteiger partial charge >= 0.3 is 0 Å². The summed E-state index contributed by atoms with van der Waals surface area (Å²) < 4.78 is 7.38. The van der Waals surface area contributed by atoms with Gasteiger partial charge in [0, 0.05) is 11.7 Å². The van der Waals surface area contributed by atoms with E-state index in [1.54, 1.807) is 19.1 Å².